The van der Waals surface area contributed by atoms with Crippen LogP contribution in [0.3, 0.4) is 0 Å². The minimum Gasteiger partial charge on any atom is -0.242 e. The van der Waals surface area contributed by atoms with E-state index < -0.39 is 33.4 Å². The standard InChI is InChI=1S/C21H24F3NOS/c1-5-18(16-12-8-6-9-13-16)20(21(22,23)24,17-14-10-7-11-15-17)25-27(26)19(2,3)4/h5-15,18,25H,1H2,2-4H3. The van der Waals surface area contributed by atoms with Gasteiger partial charge in [-0.2, -0.15) is 13.2 Å². The Balaban J connectivity index is 2.79. The van der Waals surface area contributed by atoms with Gasteiger partial charge in [-0.1, -0.05) is 66.7 Å². The molecule has 0 amide bonds. The predicted molar refractivity (Wildman–Crippen MR) is 105 cm³/mol. The van der Waals surface area contributed by atoms with Crippen molar-refractivity contribution in [3.05, 3.63) is 84.4 Å². The van der Waals surface area contributed by atoms with E-state index in [1.54, 1.807) is 69.3 Å². The molecule has 146 valence electrons. The molecule has 0 saturated carbocycles. The lowest BCUT2D eigenvalue weighted by Gasteiger charge is -2.43. The Kier molecular flexibility index (Phi) is 6.32. The summed E-state index contributed by atoms with van der Waals surface area (Å²) >= 11 is 0. The van der Waals surface area contributed by atoms with Crippen molar-refractivity contribution >= 4 is 11.0 Å². The normalized spacial score (nSPS) is 17.0. The molecule has 0 spiro atoms. The lowest BCUT2D eigenvalue weighted by atomic mass is 9.74. The van der Waals surface area contributed by atoms with Crippen molar-refractivity contribution in [2.24, 2.45) is 0 Å². The van der Waals surface area contributed by atoms with Gasteiger partial charge < -0.3 is 0 Å². The molecule has 0 bridgehead atoms. The quantitative estimate of drug-likeness (QED) is 0.646. The fraction of sp³-hybridized carbons (Fsp3) is 0.333. The smallest absolute Gasteiger partial charge is 0.242 e. The first-order valence-corrected chi connectivity index (χ1v) is 9.68. The van der Waals surface area contributed by atoms with Gasteiger partial charge in [0.25, 0.3) is 0 Å². The van der Waals surface area contributed by atoms with E-state index in [4.69, 9.17) is 0 Å². The summed E-state index contributed by atoms with van der Waals surface area (Å²) in [6, 6.07) is 15.9. The maximum Gasteiger partial charge on any atom is 0.412 e. The number of benzene rings is 2. The van der Waals surface area contributed by atoms with Gasteiger partial charge in [-0.15, -0.1) is 6.58 Å². The van der Waals surface area contributed by atoms with Crippen LogP contribution in [0, 0.1) is 0 Å². The van der Waals surface area contributed by atoms with E-state index in [9.17, 15) is 17.4 Å². The average Bonchev–Trinajstić information content (AvgIpc) is 2.61. The fourth-order valence-corrected chi connectivity index (χ4v) is 3.88. The van der Waals surface area contributed by atoms with Gasteiger partial charge in [0.2, 0.25) is 0 Å². The summed E-state index contributed by atoms with van der Waals surface area (Å²) in [6.07, 6.45) is -3.47. The van der Waals surface area contributed by atoms with E-state index >= 15 is 0 Å². The minimum absolute atomic E-state index is 0.0103. The van der Waals surface area contributed by atoms with Crippen LogP contribution in [0.2, 0.25) is 0 Å². The monoisotopic (exact) mass is 395 g/mol. The molecule has 2 aromatic carbocycles. The van der Waals surface area contributed by atoms with Crippen LogP contribution in [-0.2, 0) is 16.5 Å². The Hall–Kier alpha value is -1.92. The zero-order chi connectivity index (χ0) is 20.3. The van der Waals surface area contributed by atoms with Crippen molar-refractivity contribution in [3.63, 3.8) is 0 Å². The van der Waals surface area contributed by atoms with Gasteiger partial charge in [-0.25, -0.2) is 8.93 Å². The predicted octanol–water partition coefficient (Wildman–Crippen LogP) is 5.47. The molecule has 2 rings (SSSR count). The summed E-state index contributed by atoms with van der Waals surface area (Å²) in [4.78, 5) is 0. The molecule has 27 heavy (non-hydrogen) atoms. The SMILES string of the molecule is C=CC(c1ccccc1)C(NS(=O)C(C)(C)C)(c1ccccc1)C(F)(F)F. The molecule has 6 heteroatoms. The zero-order valence-corrected chi connectivity index (χ0v) is 16.4. The lowest BCUT2D eigenvalue weighted by Crippen LogP contribution is -2.59. The van der Waals surface area contributed by atoms with Crippen LogP contribution in [0.4, 0.5) is 13.2 Å². The van der Waals surface area contributed by atoms with Crippen LogP contribution in [0.5, 0.6) is 0 Å². The number of nitrogens with one attached hydrogen (secondary N) is 1. The lowest BCUT2D eigenvalue weighted by molar-refractivity contribution is -0.198. The first-order valence-electron chi connectivity index (χ1n) is 8.53. The first-order chi connectivity index (χ1) is 12.5. The number of rotatable bonds is 6. The molecule has 2 nitrogen and oxygen atoms in total. The molecule has 0 fully saturated rings. The molecule has 0 aliphatic rings. The maximum atomic E-state index is 14.7. The van der Waals surface area contributed by atoms with Crippen molar-refractivity contribution in [3.8, 4) is 0 Å². The molecule has 0 aromatic heterocycles. The summed E-state index contributed by atoms with van der Waals surface area (Å²) in [5.74, 6) is -1.17. The highest BCUT2D eigenvalue weighted by atomic mass is 32.2. The Bertz CT molecular complexity index is 785. The topological polar surface area (TPSA) is 29.1 Å². The van der Waals surface area contributed by atoms with Crippen LogP contribution < -0.4 is 4.72 Å². The third kappa shape index (κ3) is 4.33. The van der Waals surface area contributed by atoms with Crippen LogP contribution >= 0.6 is 0 Å². The third-order valence-corrected chi connectivity index (χ3v) is 5.97. The van der Waals surface area contributed by atoms with Crippen LogP contribution in [-0.4, -0.2) is 15.1 Å². The van der Waals surface area contributed by atoms with Crippen LogP contribution in [0.1, 0.15) is 37.8 Å². The number of halogens is 3. The van der Waals surface area contributed by atoms with Crippen LogP contribution in [0.15, 0.2) is 73.3 Å². The van der Waals surface area contributed by atoms with E-state index in [1.165, 1.54) is 18.2 Å². The second-order valence-electron chi connectivity index (χ2n) is 7.28. The zero-order valence-electron chi connectivity index (χ0n) is 15.6. The van der Waals surface area contributed by atoms with Gasteiger partial charge in [0.1, 0.15) is 0 Å². The summed E-state index contributed by atoms with van der Waals surface area (Å²) < 4.78 is 58.5. The second kappa shape index (κ2) is 7.98. The molecular weight excluding hydrogens is 371 g/mol. The Morgan fingerprint density at radius 1 is 0.963 bits per heavy atom. The van der Waals surface area contributed by atoms with Crippen molar-refractivity contribution in [2.45, 2.75) is 43.2 Å². The van der Waals surface area contributed by atoms with Crippen molar-refractivity contribution in [2.75, 3.05) is 0 Å². The molecule has 0 saturated heterocycles. The van der Waals surface area contributed by atoms with Crippen LogP contribution in [0.25, 0.3) is 0 Å². The summed E-state index contributed by atoms with van der Waals surface area (Å²) in [6.45, 7) is 8.57. The second-order valence-corrected chi connectivity index (χ2v) is 9.25. The molecule has 3 unspecified atom stereocenters. The summed E-state index contributed by atoms with van der Waals surface area (Å²) in [5, 5.41) is 0. The van der Waals surface area contributed by atoms with Gasteiger partial charge in [-0.3, -0.25) is 0 Å². The molecule has 0 aliphatic carbocycles. The Labute approximate surface area is 161 Å². The van der Waals surface area contributed by atoms with Crippen molar-refractivity contribution in [1.29, 1.82) is 0 Å². The molecular formula is C21H24F3NOS. The number of hydrogen-bond acceptors (Lipinski definition) is 1. The van der Waals surface area contributed by atoms with Crippen molar-refractivity contribution in [1.82, 2.24) is 4.72 Å². The third-order valence-electron chi connectivity index (χ3n) is 4.35. The highest BCUT2D eigenvalue weighted by molar-refractivity contribution is 7.84. The number of alkyl halides is 3. The van der Waals surface area contributed by atoms with Crippen molar-refractivity contribution < 1.29 is 17.4 Å². The largest absolute Gasteiger partial charge is 0.412 e. The molecule has 0 aliphatic heterocycles. The van der Waals surface area contributed by atoms with Gasteiger partial charge >= 0.3 is 6.18 Å². The van der Waals surface area contributed by atoms with E-state index in [0.717, 1.165) is 0 Å². The number of hydrogen-bond donors (Lipinski definition) is 1. The van der Waals surface area contributed by atoms with E-state index in [0.29, 0.717) is 5.56 Å². The Morgan fingerprint density at radius 3 is 1.85 bits per heavy atom. The van der Waals surface area contributed by atoms with Gasteiger partial charge in [0.15, 0.2) is 5.54 Å². The molecule has 2 aromatic rings. The minimum atomic E-state index is -4.73. The fourth-order valence-electron chi connectivity index (χ4n) is 2.92. The van der Waals surface area contributed by atoms with Gasteiger partial charge in [-0.05, 0) is 31.9 Å². The van der Waals surface area contributed by atoms with E-state index in [1.807, 2.05) is 0 Å². The maximum absolute atomic E-state index is 14.7. The average molecular weight is 395 g/mol. The summed E-state index contributed by atoms with van der Waals surface area (Å²) in [5.41, 5.74) is -2.16. The molecule has 0 heterocycles. The molecule has 3 atom stereocenters. The van der Waals surface area contributed by atoms with E-state index in [-0.39, 0.29) is 5.56 Å². The van der Waals surface area contributed by atoms with Gasteiger partial charge in [0, 0.05) is 5.92 Å². The molecule has 0 radical (unpaired) electrons. The first kappa shape index (κ1) is 21.4. The van der Waals surface area contributed by atoms with Gasteiger partial charge in [0.05, 0.1) is 15.7 Å². The summed E-state index contributed by atoms with van der Waals surface area (Å²) in [7, 11) is -1.97. The highest BCUT2D eigenvalue weighted by Crippen LogP contribution is 2.49. The highest BCUT2D eigenvalue weighted by Gasteiger charge is 2.61. The molecule has 1 N–H and O–H groups in total. The Morgan fingerprint density at radius 2 is 1.44 bits per heavy atom. The van der Waals surface area contributed by atoms with E-state index in [2.05, 4.69) is 11.3 Å².